The summed E-state index contributed by atoms with van der Waals surface area (Å²) in [4.78, 5) is 30.3. The third kappa shape index (κ3) is 3.87. The van der Waals surface area contributed by atoms with Gasteiger partial charge in [-0.15, -0.1) is 0 Å². The van der Waals surface area contributed by atoms with E-state index in [4.69, 9.17) is 23.2 Å². The smallest absolute Gasteiger partial charge is 0.306 e. The van der Waals surface area contributed by atoms with Crippen LogP contribution in [0.2, 0.25) is 10.0 Å². The number of aromatic nitrogens is 4. The van der Waals surface area contributed by atoms with Gasteiger partial charge in [0.25, 0.3) is 5.56 Å². The van der Waals surface area contributed by atoms with E-state index in [1.165, 1.54) is 15.3 Å². The van der Waals surface area contributed by atoms with Crippen molar-refractivity contribution in [1.29, 1.82) is 0 Å². The van der Waals surface area contributed by atoms with E-state index in [1.54, 1.807) is 36.9 Å². The predicted molar refractivity (Wildman–Crippen MR) is 123 cm³/mol. The SMILES string of the molecule is Cn1c(N/N=C\c2c(Cl)cccc2Cl)nc2c1c(=O)n(Cc1ccccc1)c(=O)n2C. The Morgan fingerprint density at radius 1 is 1.00 bits per heavy atom. The van der Waals surface area contributed by atoms with Crippen LogP contribution in [0, 0.1) is 0 Å². The van der Waals surface area contributed by atoms with Gasteiger partial charge in [0.2, 0.25) is 5.95 Å². The lowest BCUT2D eigenvalue weighted by atomic mass is 10.2. The summed E-state index contributed by atoms with van der Waals surface area (Å²) in [6.45, 7) is 0.166. The van der Waals surface area contributed by atoms with E-state index in [0.29, 0.717) is 21.6 Å². The van der Waals surface area contributed by atoms with Crippen molar-refractivity contribution in [1.82, 2.24) is 18.7 Å². The number of anilines is 1. The van der Waals surface area contributed by atoms with Crippen LogP contribution in [0.3, 0.4) is 0 Å². The third-order valence-electron chi connectivity index (χ3n) is 4.90. The highest BCUT2D eigenvalue weighted by Gasteiger charge is 2.18. The molecule has 8 nitrogen and oxygen atoms in total. The predicted octanol–water partition coefficient (Wildman–Crippen LogP) is 3.23. The van der Waals surface area contributed by atoms with Crippen molar-refractivity contribution in [2.75, 3.05) is 5.43 Å². The van der Waals surface area contributed by atoms with E-state index >= 15 is 0 Å². The van der Waals surface area contributed by atoms with Crippen molar-refractivity contribution in [3.8, 4) is 0 Å². The van der Waals surface area contributed by atoms with Crippen LogP contribution in [0.1, 0.15) is 11.1 Å². The normalized spacial score (nSPS) is 11.5. The molecule has 2 heterocycles. The van der Waals surface area contributed by atoms with Crippen LogP contribution < -0.4 is 16.7 Å². The highest BCUT2D eigenvalue weighted by atomic mass is 35.5. The second kappa shape index (κ2) is 8.41. The van der Waals surface area contributed by atoms with Crippen molar-refractivity contribution < 1.29 is 0 Å². The second-order valence-corrected chi connectivity index (χ2v) is 7.70. The molecule has 2 aromatic heterocycles. The van der Waals surface area contributed by atoms with Gasteiger partial charge < -0.3 is 4.57 Å². The number of halogens is 2. The fourth-order valence-corrected chi connectivity index (χ4v) is 3.73. The molecule has 0 aliphatic heterocycles. The monoisotopic (exact) mass is 456 g/mol. The highest BCUT2D eigenvalue weighted by Crippen LogP contribution is 2.22. The molecule has 158 valence electrons. The Labute approximate surface area is 187 Å². The molecule has 0 fully saturated rings. The minimum Gasteiger partial charge on any atom is -0.306 e. The van der Waals surface area contributed by atoms with Crippen molar-refractivity contribution >= 4 is 46.5 Å². The zero-order valence-electron chi connectivity index (χ0n) is 16.7. The van der Waals surface area contributed by atoms with E-state index < -0.39 is 11.2 Å². The van der Waals surface area contributed by atoms with Gasteiger partial charge in [-0.3, -0.25) is 13.9 Å². The largest absolute Gasteiger partial charge is 0.332 e. The summed E-state index contributed by atoms with van der Waals surface area (Å²) in [5.41, 5.74) is 3.86. The summed E-state index contributed by atoms with van der Waals surface area (Å²) in [6.07, 6.45) is 1.47. The number of hydrogen-bond acceptors (Lipinski definition) is 5. The molecule has 0 saturated carbocycles. The molecule has 0 atom stereocenters. The average molecular weight is 457 g/mol. The van der Waals surface area contributed by atoms with Gasteiger partial charge in [0, 0.05) is 19.7 Å². The quantitative estimate of drug-likeness (QED) is 0.368. The average Bonchev–Trinajstić information content (AvgIpc) is 3.09. The number of hydrogen-bond donors (Lipinski definition) is 1. The van der Waals surface area contributed by atoms with Gasteiger partial charge in [-0.1, -0.05) is 59.6 Å². The topological polar surface area (TPSA) is 86.2 Å². The first-order valence-corrected chi connectivity index (χ1v) is 10.1. The van der Waals surface area contributed by atoms with Crippen LogP contribution in [-0.4, -0.2) is 24.9 Å². The maximum absolute atomic E-state index is 13.1. The lowest BCUT2D eigenvalue weighted by molar-refractivity contribution is 0.655. The van der Waals surface area contributed by atoms with Crippen molar-refractivity contribution in [2.24, 2.45) is 19.2 Å². The summed E-state index contributed by atoms with van der Waals surface area (Å²) in [5, 5.41) is 5.04. The molecular formula is C21H18Cl2N6O2. The molecule has 10 heteroatoms. The number of nitrogens with zero attached hydrogens (tertiary/aromatic N) is 5. The number of aryl methyl sites for hydroxylation is 2. The van der Waals surface area contributed by atoms with E-state index in [-0.39, 0.29) is 17.7 Å². The Hall–Kier alpha value is -3.36. The van der Waals surface area contributed by atoms with Gasteiger partial charge >= 0.3 is 5.69 Å². The van der Waals surface area contributed by atoms with Crippen molar-refractivity contribution in [3.05, 3.63) is 90.5 Å². The fourth-order valence-electron chi connectivity index (χ4n) is 3.24. The first kappa shape index (κ1) is 20.9. The number of imidazole rings is 1. The molecule has 0 spiro atoms. The minimum atomic E-state index is -0.447. The molecular weight excluding hydrogens is 439 g/mol. The Morgan fingerprint density at radius 2 is 1.68 bits per heavy atom. The van der Waals surface area contributed by atoms with Crippen LogP contribution in [0.5, 0.6) is 0 Å². The Bertz CT molecular complexity index is 1400. The first-order valence-electron chi connectivity index (χ1n) is 9.31. The number of hydrazone groups is 1. The lowest BCUT2D eigenvalue weighted by Crippen LogP contribution is -2.39. The summed E-state index contributed by atoms with van der Waals surface area (Å²) in [6, 6.07) is 14.5. The lowest BCUT2D eigenvalue weighted by Gasteiger charge is -2.08. The van der Waals surface area contributed by atoms with Gasteiger partial charge in [-0.2, -0.15) is 10.1 Å². The van der Waals surface area contributed by atoms with Gasteiger partial charge in [-0.05, 0) is 17.7 Å². The molecule has 4 rings (SSSR count). The Balaban J connectivity index is 1.74. The van der Waals surface area contributed by atoms with E-state index in [2.05, 4.69) is 15.5 Å². The molecule has 31 heavy (non-hydrogen) atoms. The number of fused-ring (bicyclic) bond motifs is 1. The Morgan fingerprint density at radius 3 is 2.35 bits per heavy atom. The third-order valence-corrected chi connectivity index (χ3v) is 5.56. The summed E-state index contributed by atoms with van der Waals surface area (Å²) >= 11 is 12.3. The molecule has 0 radical (unpaired) electrons. The maximum Gasteiger partial charge on any atom is 0.332 e. The minimum absolute atomic E-state index is 0.166. The zero-order valence-corrected chi connectivity index (χ0v) is 18.2. The summed E-state index contributed by atoms with van der Waals surface area (Å²) in [5.74, 6) is 0.291. The van der Waals surface area contributed by atoms with E-state index in [0.717, 1.165) is 5.56 Å². The fraction of sp³-hybridized carbons (Fsp3) is 0.143. The van der Waals surface area contributed by atoms with Crippen LogP contribution in [0.25, 0.3) is 11.2 Å². The van der Waals surface area contributed by atoms with Crippen LogP contribution in [0.15, 0.2) is 63.2 Å². The summed E-state index contributed by atoms with van der Waals surface area (Å²) < 4.78 is 4.10. The van der Waals surface area contributed by atoms with Crippen LogP contribution >= 0.6 is 23.2 Å². The maximum atomic E-state index is 13.1. The van der Waals surface area contributed by atoms with E-state index in [1.807, 2.05) is 30.3 Å². The second-order valence-electron chi connectivity index (χ2n) is 6.89. The number of rotatable bonds is 5. The molecule has 1 N–H and O–H groups in total. The van der Waals surface area contributed by atoms with Gasteiger partial charge in [0.15, 0.2) is 11.2 Å². The molecule has 0 saturated heterocycles. The van der Waals surface area contributed by atoms with E-state index in [9.17, 15) is 9.59 Å². The molecule has 0 amide bonds. The first-order chi connectivity index (χ1) is 14.9. The standard InChI is InChI=1S/C21H18Cl2N6O2/c1-27-17-18(25-20(27)26-24-11-14-15(22)9-6-10-16(14)23)28(2)21(31)29(19(17)30)12-13-7-4-3-5-8-13/h3-11H,12H2,1-2H3,(H,25,26)/b24-11-. The highest BCUT2D eigenvalue weighted by molar-refractivity contribution is 6.38. The summed E-state index contributed by atoms with van der Waals surface area (Å²) in [7, 11) is 3.25. The van der Waals surface area contributed by atoms with Crippen LogP contribution in [0.4, 0.5) is 5.95 Å². The molecule has 0 unspecified atom stereocenters. The Kier molecular flexibility index (Phi) is 5.67. The van der Waals surface area contributed by atoms with Crippen molar-refractivity contribution in [2.45, 2.75) is 6.54 Å². The molecule has 4 aromatic rings. The van der Waals surface area contributed by atoms with Gasteiger partial charge in [-0.25, -0.2) is 10.2 Å². The molecule has 0 bridgehead atoms. The molecule has 0 aliphatic rings. The zero-order chi connectivity index (χ0) is 22.1. The molecule has 0 aliphatic carbocycles. The van der Waals surface area contributed by atoms with Gasteiger partial charge in [0.05, 0.1) is 22.8 Å². The number of benzene rings is 2. The van der Waals surface area contributed by atoms with Crippen LogP contribution in [-0.2, 0) is 20.6 Å². The molecule has 2 aromatic carbocycles. The van der Waals surface area contributed by atoms with Crippen molar-refractivity contribution in [3.63, 3.8) is 0 Å². The number of nitrogens with one attached hydrogen (secondary N) is 1. The van der Waals surface area contributed by atoms with Gasteiger partial charge in [0.1, 0.15) is 0 Å².